The molecule has 0 saturated heterocycles. The van der Waals surface area contributed by atoms with Crippen LogP contribution in [-0.4, -0.2) is 21.9 Å². The van der Waals surface area contributed by atoms with Crippen molar-refractivity contribution in [2.24, 2.45) is 5.14 Å². The molecule has 0 amide bonds. The Morgan fingerprint density at radius 3 is 1.75 bits per heavy atom. The minimum Gasteiger partial charge on any atom is -0.231 e. The first-order valence-electron chi connectivity index (χ1n) is 1.54. The Balaban J connectivity index is 4.16. The monoisotopic (exact) mass is 159 g/mol. The average Bonchev–Trinajstić information content (AvgIpc) is 1.21. The van der Waals surface area contributed by atoms with E-state index in [0.717, 1.165) is 0 Å². The fourth-order valence-corrected chi connectivity index (χ4v) is 1.32. The van der Waals surface area contributed by atoms with Gasteiger partial charge in [0.15, 0.2) is 15.8 Å². The van der Waals surface area contributed by atoms with Gasteiger partial charge in [-0.2, -0.15) is 0 Å². The van der Waals surface area contributed by atoms with Crippen LogP contribution < -0.4 is 5.14 Å². The van der Waals surface area contributed by atoms with Crippen molar-refractivity contribution in [1.29, 1.82) is 0 Å². The molecular weight excluding hydrogens is 154 g/mol. The lowest BCUT2D eigenvalue weighted by Crippen LogP contribution is -2.16. The molecule has 0 aromatic carbocycles. The third-order valence-corrected chi connectivity index (χ3v) is 2.57. The summed E-state index contributed by atoms with van der Waals surface area (Å²) in [5, 5.41) is 3.35. The molecule has 0 unspecified atom stereocenters. The van der Waals surface area contributed by atoms with E-state index >= 15 is 0 Å². The van der Waals surface area contributed by atoms with Crippen LogP contribution in [0.2, 0.25) is 0 Å². The predicted octanol–water partition coefficient (Wildman–Crippen LogP) is -2.16. The van der Waals surface area contributed by atoms with Crippen molar-refractivity contribution in [2.45, 2.75) is 0 Å². The van der Waals surface area contributed by atoms with Crippen LogP contribution in [0.3, 0.4) is 0 Å². The molecule has 0 spiro atoms. The number of nitrogens with two attached hydrogens (primary N) is 1. The second-order valence-corrected chi connectivity index (χ2v) is 4.15. The van der Waals surface area contributed by atoms with Crippen LogP contribution in [-0.2, 0) is 20.7 Å². The maximum absolute atomic E-state index is 9.84. The van der Waals surface area contributed by atoms with E-state index in [2.05, 4.69) is 5.14 Å². The fourth-order valence-electron chi connectivity index (χ4n) is 0.147. The Bertz CT molecular complexity index is 214. The van der Waals surface area contributed by atoms with E-state index in [1.54, 1.807) is 0 Å². The van der Waals surface area contributed by atoms with Gasteiger partial charge < -0.3 is 0 Å². The Hall–Kier alpha value is -0.140. The van der Waals surface area contributed by atoms with Gasteiger partial charge in [0.05, 0.1) is 0 Å². The van der Waals surface area contributed by atoms with Crippen LogP contribution >= 0.6 is 0 Å². The van der Waals surface area contributed by atoms with Crippen molar-refractivity contribution >= 4 is 20.7 Å². The number of hydrogen-bond acceptors (Lipinski definition) is 4. The second kappa shape index (κ2) is 2.42. The van der Waals surface area contributed by atoms with Gasteiger partial charge in [-0.3, -0.25) is 0 Å². The molecule has 0 aliphatic rings. The summed E-state index contributed by atoms with van der Waals surface area (Å²) >= 11 is 0. The zero-order valence-corrected chi connectivity index (χ0v) is 5.48. The summed E-state index contributed by atoms with van der Waals surface area (Å²) in [6.45, 7) is 0. The molecule has 0 atom stereocenters. The molecule has 50 valence electrons. The number of hydrogen-bond donors (Lipinski definition) is 2. The standard InChI is InChI=1S/CH5NO4S2/c2-8(5,6)1-7(3)4/h7H,1H2,(H2,2,5,6). The fraction of sp³-hybridized carbons (Fsp3) is 1.00. The molecule has 2 N–H and O–H groups in total. The van der Waals surface area contributed by atoms with Gasteiger partial charge >= 0.3 is 0 Å². The number of sulfonamides is 1. The van der Waals surface area contributed by atoms with E-state index < -0.39 is 25.8 Å². The molecule has 0 aromatic rings. The molecular formula is CH5NO4S2. The highest BCUT2D eigenvalue weighted by Crippen LogP contribution is 1.73. The molecule has 0 bridgehead atoms. The minimum absolute atomic E-state index is 0.970. The first kappa shape index (κ1) is 7.86. The topological polar surface area (TPSA) is 94.3 Å². The highest BCUT2D eigenvalue weighted by molar-refractivity contribution is 7.99. The molecule has 0 rings (SSSR count). The zero-order chi connectivity index (χ0) is 6.78. The van der Waals surface area contributed by atoms with E-state index in [1.165, 1.54) is 0 Å². The minimum atomic E-state index is -3.82. The maximum atomic E-state index is 9.84. The summed E-state index contributed by atoms with van der Waals surface area (Å²) in [5.41, 5.74) is 0. The van der Waals surface area contributed by atoms with Crippen LogP contribution in [0.25, 0.3) is 0 Å². The van der Waals surface area contributed by atoms with E-state index in [1.807, 2.05) is 0 Å². The van der Waals surface area contributed by atoms with E-state index in [4.69, 9.17) is 0 Å². The summed E-state index contributed by atoms with van der Waals surface area (Å²) in [4.78, 5) is 0. The van der Waals surface area contributed by atoms with E-state index in [9.17, 15) is 16.8 Å². The Morgan fingerprint density at radius 1 is 1.38 bits per heavy atom. The quantitative estimate of drug-likeness (QED) is 0.449. The van der Waals surface area contributed by atoms with Crippen molar-refractivity contribution in [3.05, 3.63) is 0 Å². The predicted molar refractivity (Wildman–Crippen MR) is 28.3 cm³/mol. The lowest BCUT2D eigenvalue weighted by molar-refractivity contribution is 0.597. The van der Waals surface area contributed by atoms with Crippen LogP contribution in [0.5, 0.6) is 0 Å². The Labute approximate surface area is 48.5 Å². The molecule has 5 nitrogen and oxygen atoms in total. The van der Waals surface area contributed by atoms with Gasteiger partial charge in [0, 0.05) is 0 Å². The molecule has 0 heterocycles. The third kappa shape index (κ3) is 5.86. The summed E-state index contributed by atoms with van der Waals surface area (Å²) in [5.74, 6) is 0. The van der Waals surface area contributed by atoms with Crippen molar-refractivity contribution < 1.29 is 16.8 Å². The van der Waals surface area contributed by atoms with Crippen LogP contribution in [0.15, 0.2) is 0 Å². The van der Waals surface area contributed by atoms with Gasteiger partial charge in [-0.15, -0.1) is 0 Å². The lowest BCUT2D eigenvalue weighted by Gasteiger charge is -1.82. The Kier molecular flexibility index (Phi) is 2.38. The normalized spacial score (nSPS) is 12.2. The smallest absolute Gasteiger partial charge is 0.223 e. The van der Waals surface area contributed by atoms with Crippen LogP contribution in [0, 0.1) is 0 Å². The molecule has 0 fully saturated rings. The summed E-state index contributed by atoms with van der Waals surface area (Å²) in [6.07, 6.45) is 0. The van der Waals surface area contributed by atoms with Crippen LogP contribution in [0.1, 0.15) is 0 Å². The van der Waals surface area contributed by atoms with Crippen molar-refractivity contribution in [3.63, 3.8) is 0 Å². The number of rotatable bonds is 2. The summed E-state index contributed by atoms with van der Waals surface area (Å²) < 4.78 is 38.9. The van der Waals surface area contributed by atoms with E-state index in [-0.39, 0.29) is 0 Å². The molecule has 0 aliphatic carbocycles. The highest BCUT2D eigenvalue weighted by atomic mass is 32.3. The lowest BCUT2D eigenvalue weighted by atomic mass is 11.9. The van der Waals surface area contributed by atoms with Gasteiger partial charge in [-0.1, -0.05) is 0 Å². The second-order valence-electron chi connectivity index (χ2n) is 1.12. The third-order valence-electron chi connectivity index (χ3n) is 0.285. The maximum Gasteiger partial charge on any atom is 0.223 e. The van der Waals surface area contributed by atoms with Crippen molar-refractivity contribution in [1.82, 2.24) is 0 Å². The van der Waals surface area contributed by atoms with Gasteiger partial charge in [0.1, 0.15) is 0 Å². The number of thiol groups is 1. The first-order chi connectivity index (χ1) is 3.42. The molecule has 7 heteroatoms. The van der Waals surface area contributed by atoms with Gasteiger partial charge in [0.2, 0.25) is 10.0 Å². The summed E-state index contributed by atoms with van der Waals surface area (Å²) in [6, 6.07) is 0. The van der Waals surface area contributed by atoms with Crippen LogP contribution in [0.4, 0.5) is 0 Å². The van der Waals surface area contributed by atoms with Gasteiger partial charge in [-0.25, -0.2) is 22.0 Å². The van der Waals surface area contributed by atoms with Gasteiger partial charge in [-0.05, 0) is 0 Å². The molecule has 0 saturated carbocycles. The highest BCUT2D eigenvalue weighted by Gasteiger charge is 2.01. The Morgan fingerprint density at radius 2 is 1.75 bits per heavy atom. The molecule has 0 radical (unpaired) electrons. The van der Waals surface area contributed by atoms with Gasteiger partial charge in [0.25, 0.3) is 0 Å². The molecule has 0 aliphatic heterocycles. The SMILES string of the molecule is NS(=O)(=O)C[SH](=O)=O. The van der Waals surface area contributed by atoms with Crippen molar-refractivity contribution in [2.75, 3.05) is 5.08 Å². The molecule has 8 heavy (non-hydrogen) atoms. The first-order valence-corrected chi connectivity index (χ1v) is 4.62. The van der Waals surface area contributed by atoms with Crippen molar-refractivity contribution in [3.8, 4) is 0 Å². The largest absolute Gasteiger partial charge is 0.231 e. The number of primary sulfonamides is 1. The average molecular weight is 159 g/mol. The zero-order valence-electron chi connectivity index (χ0n) is 3.77. The van der Waals surface area contributed by atoms with E-state index in [0.29, 0.717) is 0 Å². The summed E-state index contributed by atoms with van der Waals surface area (Å²) in [7, 11) is -6.72. The molecule has 0 aromatic heterocycles.